The number of aliphatic hydroxyl groups excluding tert-OH is 1. The van der Waals surface area contributed by atoms with Crippen molar-refractivity contribution in [3.05, 3.63) is 0 Å². The molecule has 164 valence electrons. The molecule has 1 saturated heterocycles. The van der Waals surface area contributed by atoms with Gasteiger partial charge < -0.3 is 9.84 Å². The summed E-state index contributed by atoms with van der Waals surface area (Å²) in [5.41, 5.74) is -0.379. The van der Waals surface area contributed by atoms with E-state index in [1.54, 1.807) is 0 Å². The number of terminal acetylenes is 1. The maximum atomic E-state index is 11.9. The number of ether oxygens (including phenoxy) is 1. The Morgan fingerprint density at radius 1 is 0.897 bits per heavy atom. The lowest BCUT2D eigenvalue weighted by Crippen LogP contribution is -2.22. The number of esters is 1. The Morgan fingerprint density at radius 2 is 1.38 bits per heavy atom. The van der Waals surface area contributed by atoms with Crippen LogP contribution in [0.1, 0.15) is 116 Å². The van der Waals surface area contributed by atoms with Crippen molar-refractivity contribution in [2.24, 2.45) is 5.41 Å². The first kappa shape index (κ1) is 25.6. The average molecular weight is 403 g/mol. The third-order valence-corrected chi connectivity index (χ3v) is 5.93. The van der Waals surface area contributed by atoms with Crippen molar-refractivity contribution in [1.29, 1.82) is 0 Å². The number of carbonyl (C=O) groups is 1. The van der Waals surface area contributed by atoms with Crippen LogP contribution in [0.2, 0.25) is 0 Å². The fraction of sp³-hybridized carbons (Fsp3) is 0.808. The van der Waals surface area contributed by atoms with E-state index < -0.39 is 0 Å². The van der Waals surface area contributed by atoms with Gasteiger partial charge in [0.05, 0.1) is 12.0 Å². The molecule has 3 nitrogen and oxygen atoms in total. The van der Waals surface area contributed by atoms with Crippen LogP contribution >= 0.6 is 0 Å². The normalized spacial score (nSPS) is 20.7. The molecule has 1 rings (SSSR count). The van der Waals surface area contributed by atoms with E-state index in [0.29, 0.717) is 6.42 Å². The van der Waals surface area contributed by atoms with Crippen LogP contribution in [0.4, 0.5) is 0 Å². The van der Waals surface area contributed by atoms with Crippen LogP contribution in [0.25, 0.3) is 0 Å². The van der Waals surface area contributed by atoms with Crippen molar-refractivity contribution in [1.82, 2.24) is 0 Å². The zero-order chi connectivity index (χ0) is 21.2. The van der Waals surface area contributed by atoms with Gasteiger partial charge in [0.15, 0.2) is 0 Å². The topological polar surface area (TPSA) is 46.5 Å². The molecule has 0 bridgehead atoms. The largest absolute Gasteiger partial charge is 0.459 e. The summed E-state index contributed by atoms with van der Waals surface area (Å²) in [7, 11) is 0. The molecular formula is C26H42O3. The Balaban J connectivity index is 1.85. The van der Waals surface area contributed by atoms with Gasteiger partial charge in [0.1, 0.15) is 6.10 Å². The van der Waals surface area contributed by atoms with Crippen molar-refractivity contribution < 1.29 is 14.6 Å². The van der Waals surface area contributed by atoms with Gasteiger partial charge in [0, 0.05) is 25.7 Å². The Labute approximate surface area is 179 Å². The monoisotopic (exact) mass is 402 g/mol. The maximum Gasteiger partial charge on any atom is 0.312 e. The van der Waals surface area contributed by atoms with Crippen LogP contribution in [0.5, 0.6) is 0 Å². The number of hydrogen-bond donors (Lipinski definition) is 1. The molecule has 1 fully saturated rings. The van der Waals surface area contributed by atoms with E-state index in [0.717, 1.165) is 38.5 Å². The molecule has 0 aromatic rings. The van der Waals surface area contributed by atoms with Gasteiger partial charge in [-0.15, -0.1) is 24.2 Å². The fourth-order valence-corrected chi connectivity index (χ4v) is 3.99. The van der Waals surface area contributed by atoms with Crippen molar-refractivity contribution in [2.75, 3.05) is 6.61 Å². The minimum atomic E-state index is -0.379. The molecule has 2 atom stereocenters. The molecule has 0 spiro atoms. The smallest absolute Gasteiger partial charge is 0.312 e. The predicted octanol–water partition coefficient (Wildman–Crippen LogP) is 6.18. The molecule has 0 aromatic carbocycles. The zero-order valence-electron chi connectivity index (χ0n) is 18.6. The second-order valence-electron chi connectivity index (χ2n) is 8.77. The summed E-state index contributed by atoms with van der Waals surface area (Å²) >= 11 is 0. The zero-order valence-corrected chi connectivity index (χ0v) is 18.6. The van der Waals surface area contributed by atoms with Crippen molar-refractivity contribution in [3.8, 4) is 24.2 Å². The molecule has 1 aliphatic rings. The van der Waals surface area contributed by atoms with Crippen molar-refractivity contribution in [2.45, 2.75) is 122 Å². The molecule has 0 saturated carbocycles. The number of cyclic esters (lactones) is 1. The summed E-state index contributed by atoms with van der Waals surface area (Å²) < 4.78 is 5.21. The molecular weight excluding hydrogens is 360 g/mol. The summed E-state index contributed by atoms with van der Waals surface area (Å²) in [4.78, 5) is 11.9. The standard InChI is InChI=1S/C26H42O3/c1-3-4-5-6-7-8-9-10-11-12-13-14-15-16-17-18-19-20-21-26(2)22-24(23-27)29-25(26)28/h1,24,27H,4-9,12-23H2,2H3/t24-,26+/m0/s1. The highest BCUT2D eigenvalue weighted by Gasteiger charge is 2.44. The molecule has 1 aliphatic heterocycles. The molecule has 0 radical (unpaired) electrons. The van der Waals surface area contributed by atoms with Gasteiger partial charge in [-0.1, -0.05) is 57.8 Å². The highest BCUT2D eigenvalue weighted by molar-refractivity contribution is 5.78. The van der Waals surface area contributed by atoms with Gasteiger partial charge in [-0.05, 0) is 32.6 Å². The third-order valence-electron chi connectivity index (χ3n) is 5.93. The molecule has 3 heteroatoms. The minimum absolute atomic E-state index is 0.0549. The van der Waals surface area contributed by atoms with Gasteiger partial charge in [-0.3, -0.25) is 4.79 Å². The van der Waals surface area contributed by atoms with Gasteiger partial charge in [0.25, 0.3) is 0 Å². The fourth-order valence-electron chi connectivity index (χ4n) is 3.99. The van der Waals surface area contributed by atoms with Crippen LogP contribution in [-0.2, 0) is 9.53 Å². The quantitative estimate of drug-likeness (QED) is 0.190. The van der Waals surface area contributed by atoms with E-state index in [4.69, 9.17) is 16.3 Å². The molecule has 1 N–H and O–H groups in total. The van der Waals surface area contributed by atoms with E-state index >= 15 is 0 Å². The lowest BCUT2D eigenvalue weighted by Gasteiger charge is -2.18. The molecule has 29 heavy (non-hydrogen) atoms. The van der Waals surface area contributed by atoms with E-state index in [-0.39, 0.29) is 24.1 Å². The Morgan fingerprint density at radius 3 is 1.86 bits per heavy atom. The third kappa shape index (κ3) is 12.0. The molecule has 0 amide bonds. The number of rotatable bonds is 16. The SMILES string of the molecule is C#CCCCCCCC#CCCCCCCCCCC[C@]1(C)C[C@@H](CO)OC1=O. The summed E-state index contributed by atoms with van der Waals surface area (Å²) in [6.45, 7) is 1.93. The summed E-state index contributed by atoms with van der Waals surface area (Å²) in [5, 5.41) is 9.15. The molecule has 1 heterocycles. The second-order valence-corrected chi connectivity index (χ2v) is 8.77. The van der Waals surface area contributed by atoms with Crippen LogP contribution in [0, 0.1) is 29.6 Å². The van der Waals surface area contributed by atoms with E-state index in [1.807, 2.05) is 6.92 Å². The van der Waals surface area contributed by atoms with Crippen molar-refractivity contribution >= 4 is 5.97 Å². The lowest BCUT2D eigenvalue weighted by molar-refractivity contribution is -0.149. The first-order valence-corrected chi connectivity index (χ1v) is 11.8. The molecule has 0 aliphatic carbocycles. The van der Waals surface area contributed by atoms with Crippen LogP contribution in [0.15, 0.2) is 0 Å². The Kier molecular flexibility index (Phi) is 14.4. The van der Waals surface area contributed by atoms with Crippen LogP contribution in [0.3, 0.4) is 0 Å². The first-order chi connectivity index (χ1) is 14.1. The van der Waals surface area contributed by atoms with Crippen molar-refractivity contribution in [3.63, 3.8) is 0 Å². The lowest BCUT2D eigenvalue weighted by atomic mass is 9.82. The highest BCUT2D eigenvalue weighted by Crippen LogP contribution is 2.38. The van der Waals surface area contributed by atoms with Gasteiger partial charge >= 0.3 is 5.97 Å². The average Bonchev–Trinajstić information content (AvgIpc) is 3.01. The van der Waals surface area contributed by atoms with Gasteiger partial charge in [-0.25, -0.2) is 0 Å². The van der Waals surface area contributed by atoms with E-state index in [2.05, 4.69) is 17.8 Å². The molecule has 0 unspecified atom stereocenters. The minimum Gasteiger partial charge on any atom is -0.459 e. The second kappa shape index (κ2) is 16.4. The predicted molar refractivity (Wildman–Crippen MR) is 120 cm³/mol. The number of aliphatic hydroxyl groups is 1. The Hall–Kier alpha value is -1.45. The Bertz CT molecular complexity index is 536. The maximum absolute atomic E-state index is 11.9. The number of hydrogen-bond acceptors (Lipinski definition) is 3. The van der Waals surface area contributed by atoms with E-state index in [9.17, 15) is 4.79 Å². The number of unbranched alkanes of at least 4 members (excludes halogenated alkanes) is 13. The highest BCUT2D eigenvalue weighted by atomic mass is 16.6. The summed E-state index contributed by atoms with van der Waals surface area (Å²) in [5.74, 6) is 9.17. The molecule has 0 aromatic heterocycles. The summed E-state index contributed by atoms with van der Waals surface area (Å²) in [6, 6.07) is 0. The first-order valence-electron chi connectivity index (χ1n) is 11.8. The van der Waals surface area contributed by atoms with Gasteiger partial charge in [0.2, 0.25) is 0 Å². The number of carbonyl (C=O) groups excluding carboxylic acids is 1. The van der Waals surface area contributed by atoms with E-state index in [1.165, 1.54) is 64.2 Å². The van der Waals surface area contributed by atoms with Gasteiger partial charge in [-0.2, -0.15) is 0 Å². The van der Waals surface area contributed by atoms with Crippen LogP contribution < -0.4 is 0 Å². The van der Waals surface area contributed by atoms with Crippen LogP contribution in [-0.4, -0.2) is 23.8 Å². The summed E-state index contributed by atoms with van der Waals surface area (Å²) in [6.07, 6.45) is 24.2.